The minimum atomic E-state index is -1.07. The molecule has 1 aromatic heterocycles. The zero-order valence-corrected chi connectivity index (χ0v) is 12.4. The van der Waals surface area contributed by atoms with Gasteiger partial charge in [-0.05, 0) is 43.2 Å². The largest absolute Gasteiger partial charge is 0.366 e. The minimum Gasteiger partial charge on any atom is -0.366 e. The Morgan fingerprint density at radius 1 is 1.00 bits per heavy atom. The van der Waals surface area contributed by atoms with Crippen LogP contribution in [0.5, 0.6) is 0 Å². The van der Waals surface area contributed by atoms with Gasteiger partial charge in [-0.25, -0.2) is 8.78 Å². The van der Waals surface area contributed by atoms with E-state index >= 15 is 0 Å². The molecule has 23 heavy (non-hydrogen) atoms. The minimum absolute atomic E-state index is 0.0128. The summed E-state index contributed by atoms with van der Waals surface area (Å²) in [5.41, 5.74) is 0.0128. The number of carbonyl (C=O) groups is 1. The van der Waals surface area contributed by atoms with Crippen molar-refractivity contribution < 1.29 is 13.6 Å². The SMILES string of the molecule is O=C(Nc1ccc(NC2CCCC2)nn1)c1ccc(F)c(F)c1. The van der Waals surface area contributed by atoms with Gasteiger partial charge in [0.05, 0.1) is 0 Å². The highest BCUT2D eigenvalue weighted by atomic mass is 19.2. The van der Waals surface area contributed by atoms with E-state index in [1.807, 2.05) is 0 Å². The standard InChI is InChI=1S/C16H16F2N4O/c17-12-6-5-10(9-13(12)18)16(23)20-15-8-7-14(21-22-15)19-11-3-1-2-4-11/h5-9,11H,1-4H2,(H,19,21)(H,20,22,23). The van der Waals surface area contributed by atoms with E-state index in [1.165, 1.54) is 18.9 Å². The number of hydrogen-bond donors (Lipinski definition) is 2. The summed E-state index contributed by atoms with van der Waals surface area (Å²) in [7, 11) is 0. The first-order chi connectivity index (χ1) is 11.1. The highest BCUT2D eigenvalue weighted by molar-refractivity contribution is 6.03. The first-order valence-corrected chi connectivity index (χ1v) is 7.48. The average Bonchev–Trinajstić information content (AvgIpc) is 3.05. The lowest BCUT2D eigenvalue weighted by molar-refractivity contribution is 0.102. The fourth-order valence-electron chi connectivity index (χ4n) is 2.58. The number of anilines is 2. The molecule has 0 unspecified atom stereocenters. The van der Waals surface area contributed by atoms with Crippen molar-refractivity contribution in [1.29, 1.82) is 0 Å². The summed E-state index contributed by atoms with van der Waals surface area (Å²) >= 11 is 0. The molecular weight excluding hydrogens is 302 g/mol. The van der Waals surface area contributed by atoms with Gasteiger partial charge in [-0.3, -0.25) is 4.79 Å². The van der Waals surface area contributed by atoms with E-state index in [0.29, 0.717) is 11.9 Å². The van der Waals surface area contributed by atoms with Crippen LogP contribution in [0.1, 0.15) is 36.0 Å². The fourth-order valence-corrected chi connectivity index (χ4v) is 2.58. The van der Waals surface area contributed by atoms with Crippen molar-refractivity contribution >= 4 is 17.5 Å². The number of benzene rings is 1. The molecule has 0 spiro atoms. The van der Waals surface area contributed by atoms with Crippen LogP contribution in [0.15, 0.2) is 30.3 Å². The maximum absolute atomic E-state index is 13.1. The van der Waals surface area contributed by atoms with Gasteiger partial charge >= 0.3 is 0 Å². The van der Waals surface area contributed by atoms with E-state index in [1.54, 1.807) is 12.1 Å². The van der Waals surface area contributed by atoms with Gasteiger partial charge in [-0.15, -0.1) is 10.2 Å². The molecule has 1 aliphatic rings. The molecule has 0 radical (unpaired) electrons. The summed E-state index contributed by atoms with van der Waals surface area (Å²) in [4.78, 5) is 12.0. The zero-order valence-electron chi connectivity index (χ0n) is 12.4. The highest BCUT2D eigenvalue weighted by Gasteiger charge is 2.15. The maximum atomic E-state index is 13.1. The first kappa shape index (κ1) is 15.3. The molecule has 2 aromatic rings. The van der Waals surface area contributed by atoms with Crippen molar-refractivity contribution in [2.24, 2.45) is 0 Å². The molecule has 5 nitrogen and oxygen atoms in total. The van der Waals surface area contributed by atoms with Crippen LogP contribution in [0.3, 0.4) is 0 Å². The summed E-state index contributed by atoms with van der Waals surface area (Å²) in [5, 5.41) is 13.7. The number of carbonyl (C=O) groups excluding carboxylic acids is 1. The van der Waals surface area contributed by atoms with Crippen LogP contribution >= 0.6 is 0 Å². The molecule has 3 rings (SSSR count). The van der Waals surface area contributed by atoms with E-state index < -0.39 is 17.5 Å². The number of hydrogen-bond acceptors (Lipinski definition) is 4. The first-order valence-electron chi connectivity index (χ1n) is 7.48. The predicted octanol–water partition coefficient (Wildman–Crippen LogP) is 3.36. The zero-order chi connectivity index (χ0) is 16.2. The Hall–Kier alpha value is -2.57. The number of nitrogens with zero attached hydrogens (tertiary/aromatic N) is 2. The van der Waals surface area contributed by atoms with Crippen molar-refractivity contribution in [1.82, 2.24) is 10.2 Å². The summed E-state index contributed by atoms with van der Waals surface area (Å²) in [6.45, 7) is 0. The van der Waals surface area contributed by atoms with Crippen LogP contribution in [0.2, 0.25) is 0 Å². The van der Waals surface area contributed by atoms with Gasteiger partial charge in [-0.1, -0.05) is 12.8 Å². The quantitative estimate of drug-likeness (QED) is 0.907. The summed E-state index contributed by atoms with van der Waals surface area (Å²) < 4.78 is 26.0. The lowest BCUT2D eigenvalue weighted by Gasteiger charge is -2.12. The van der Waals surface area contributed by atoms with Crippen LogP contribution in [-0.4, -0.2) is 22.1 Å². The number of nitrogens with one attached hydrogen (secondary N) is 2. The number of rotatable bonds is 4. The summed E-state index contributed by atoms with van der Waals surface area (Å²) in [5.74, 6) is -1.74. The molecule has 0 saturated heterocycles. The van der Waals surface area contributed by atoms with Gasteiger partial charge < -0.3 is 10.6 Å². The molecule has 120 valence electrons. The smallest absolute Gasteiger partial charge is 0.256 e. The second-order valence-corrected chi connectivity index (χ2v) is 5.51. The van der Waals surface area contributed by atoms with Crippen molar-refractivity contribution in [3.05, 3.63) is 47.5 Å². The van der Waals surface area contributed by atoms with Crippen molar-refractivity contribution in [2.45, 2.75) is 31.7 Å². The van der Waals surface area contributed by atoms with Crippen LogP contribution in [0.25, 0.3) is 0 Å². The molecule has 1 heterocycles. The monoisotopic (exact) mass is 318 g/mol. The topological polar surface area (TPSA) is 66.9 Å². The third kappa shape index (κ3) is 3.80. The van der Waals surface area contributed by atoms with E-state index in [0.717, 1.165) is 25.0 Å². The van der Waals surface area contributed by atoms with Gasteiger partial charge in [0.1, 0.15) is 5.82 Å². The van der Waals surface area contributed by atoms with Crippen LogP contribution in [0.4, 0.5) is 20.4 Å². The van der Waals surface area contributed by atoms with E-state index in [-0.39, 0.29) is 11.4 Å². The average molecular weight is 318 g/mol. The van der Waals surface area contributed by atoms with E-state index in [9.17, 15) is 13.6 Å². The summed E-state index contributed by atoms with van der Waals surface area (Å²) in [6, 6.07) is 6.72. The molecule has 0 atom stereocenters. The van der Waals surface area contributed by atoms with Gasteiger partial charge in [0.25, 0.3) is 5.91 Å². The van der Waals surface area contributed by atoms with Crippen LogP contribution in [0, 0.1) is 11.6 Å². The molecule has 0 aliphatic heterocycles. The number of halogens is 2. The summed E-state index contributed by atoms with van der Waals surface area (Å²) in [6.07, 6.45) is 4.67. The van der Waals surface area contributed by atoms with Gasteiger partial charge in [0, 0.05) is 11.6 Å². The Kier molecular flexibility index (Phi) is 4.45. The Balaban J connectivity index is 1.62. The number of amides is 1. The third-order valence-electron chi connectivity index (χ3n) is 3.80. The maximum Gasteiger partial charge on any atom is 0.256 e. The molecule has 2 N–H and O–H groups in total. The molecular formula is C16H16F2N4O. The Morgan fingerprint density at radius 3 is 2.35 bits per heavy atom. The van der Waals surface area contributed by atoms with Crippen LogP contribution < -0.4 is 10.6 Å². The Labute approximate surface area is 132 Å². The molecule has 1 fully saturated rings. The number of aromatic nitrogens is 2. The molecule has 1 saturated carbocycles. The second kappa shape index (κ2) is 6.68. The van der Waals surface area contributed by atoms with Crippen molar-refractivity contribution in [3.8, 4) is 0 Å². The predicted molar refractivity (Wildman–Crippen MR) is 82.2 cm³/mol. The second-order valence-electron chi connectivity index (χ2n) is 5.51. The van der Waals surface area contributed by atoms with E-state index in [4.69, 9.17) is 0 Å². The van der Waals surface area contributed by atoms with Crippen molar-refractivity contribution in [3.63, 3.8) is 0 Å². The molecule has 0 bridgehead atoms. The normalized spacial score (nSPS) is 14.7. The van der Waals surface area contributed by atoms with Gasteiger partial charge in [0.2, 0.25) is 0 Å². The molecule has 1 aliphatic carbocycles. The van der Waals surface area contributed by atoms with E-state index in [2.05, 4.69) is 20.8 Å². The lowest BCUT2D eigenvalue weighted by Crippen LogP contribution is -2.17. The molecule has 1 aromatic carbocycles. The fraction of sp³-hybridized carbons (Fsp3) is 0.312. The Morgan fingerprint density at radius 2 is 1.70 bits per heavy atom. The van der Waals surface area contributed by atoms with Gasteiger partial charge in [-0.2, -0.15) is 0 Å². The van der Waals surface area contributed by atoms with Crippen LogP contribution in [-0.2, 0) is 0 Å². The molecule has 7 heteroatoms. The lowest BCUT2D eigenvalue weighted by atomic mass is 10.2. The Bertz CT molecular complexity index is 700. The third-order valence-corrected chi connectivity index (χ3v) is 3.80. The van der Waals surface area contributed by atoms with Gasteiger partial charge in [0.15, 0.2) is 17.5 Å². The molecule has 1 amide bonds. The highest BCUT2D eigenvalue weighted by Crippen LogP contribution is 2.21. The van der Waals surface area contributed by atoms with Crippen molar-refractivity contribution in [2.75, 3.05) is 10.6 Å².